The SMILES string of the molecule is O=S(=O)(c1cccs1)N1CCC(c2nc3ccccc3[nH]2)CC1. The van der Waals surface area contributed by atoms with Gasteiger partial charge in [-0.25, -0.2) is 13.4 Å². The van der Waals surface area contributed by atoms with Gasteiger partial charge in [0, 0.05) is 19.0 Å². The van der Waals surface area contributed by atoms with E-state index in [2.05, 4.69) is 9.97 Å². The predicted molar refractivity (Wildman–Crippen MR) is 91.1 cm³/mol. The van der Waals surface area contributed by atoms with Gasteiger partial charge < -0.3 is 4.98 Å². The molecule has 1 aromatic carbocycles. The number of nitrogens with one attached hydrogen (secondary N) is 1. The highest BCUT2D eigenvalue weighted by Gasteiger charge is 2.31. The summed E-state index contributed by atoms with van der Waals surface area (Å²) < 4.78 is 27.1. The van der Waals surface area contributed by atoms with Crippen molar-refractivity contribution in [2.24, 2.45) is 0 Å². The fourth-order valence-corrected chi connectivity index (χ4v) is 5.69. The van der Waals surface area contributed by atoms with E-state index in [1.54, 1.807) is 21.8 Å². The van der Waals surface area contributed by atoms with E-state index in [9.17, 15) is 8.42 Å². The van der Waals surface area contributed by atoms with E-state index in [1.165, 1.54) is 11.3 Å². The van der Waals surface area contributed by atoms with Crippen molar-refractivity contribution < 1.29 is 8.42 Å². The summed E-state index contributed by atoms with van der Waals surface area (Å²) in [5, 5.41) is 1.80. The Morgan fingerprint density at radius 3 is 2.61 bits per heavy atom. The highest BCUT2D eigenvalue weighted by Crippen LogP contribution is 2.31. The Bertz CT molecular complexity index is 875. The molecule has 120 valence electrons. The quantitative estimate of drug-likeness (QED) is 0.791. The zero-order chi connectivity index (χ0) is 15.9. The molecule has 23 heavy (non-hydrogen) atoms. The van der Waals surface area contributed by atoms with Gasteiger partial charge in [0.1, 0.15) is 10.0 Å². The molecule has 4 rings (SSSR count). The monoisotopic (exact) mass is 347 g/mol. The molecule has 0 bridgehead atoms. The number of rotatable bonds is 3. The smallest absolute Gasteiger partial charge is 0.252 e. The normalized spacial score (nSPS) is 17.7. The lowest BCUT2D eigenvalue weighted by molar-refractivity contribution is 0.315. The molecule has 2 aromatic heterocycles. The lowest BCUT2D eigenvalue weighted by Crippen LogP contribution is -2.37. The van der Waals surface area contributed by atoms with Crippen molar-refractivity contribution in [3.63, 3.8) is 0 Å². The highest BCUT2D eigenvalue weighted by molar-refractivity contribution is 7.91. The van der Waals surface area contributed by atoms with Gasteiger partial charge in [0.05, 0.1) is 11.0 Å². The summed E-state index contributed by atoms with van der Waals surface area (Å²) >= 11 is 1.28. The number of hydrogen-bond acceptors (Lipinski definition) is 4. The van der Waals surface area contributed by atoms with E-state index in [0.29, 0.717) is 17.3 Å². The summed E-state index contributed by atoms with van der Waals surface area (Å²) in [5.41, 5.74) is 2.01. The van der Waals surface area contributed by atoms with Crippen LogP contribution in [-0.2, 0) is 10.0 Å². The second kappa shape index (κ2) is 5.74. The first-order valence-corrected chi connectivity index (χ1v) is 9.95. The van der Waals surface area contributed by atoms with Crippen molar-refractivity contribution in [3.8, 4) is 0 Å². The number of H-pyrrole nitrogens is 1. The number of aromatic nitrogens is 2. The van der Waals surface area contributed by atoms with Crippen LogP contribution in [-0.4, -0.2) is 35.8 Å². The zero-order valence-corrected chi connectivity index (χ0v) is 14.1. The molecule has 1 saturated heterocycles. The van der Waals surface area contributed by atoms with Gasteiger partial charge in [-0.1, -0.05) is 18.2 Å². The van der Waals surface area contributed by atoms with Crippen molar-refractivity contribution in [2.45, 2.75) is 23.0 Å². The van der Waals surface area contributed by atoms with Gasteiger partial charge in [0.15, 0.2) is 0 Å². The minimum absolute atomic E-state index is 0.289. The number of benzene rings is 1. The summed E-state index contributed by atoms with van der Waals surface area (Å²) in [6, 6.07) is 11.4. The number of piperidine rings is 1. The van der Waals surface area contributed by atoms with E-state index in [1.807, 2.05) is 24.3 Å². The number of fused-ring (bicyclic) bond motifs is 1. The van der Waals surface area contributed by atoms with E-state index >= 15 is 0 Å². The second-order valence-corrected chi connectivity index (χ2v) is 8.86. The van der Waals surface area contributed by atoms with Gasteiger partial charge in [0.2, 0.25) is 0 Å². The number of aromatic amines is 1. The van der Waals surface area contributed by atoms with Crippen molar-refractivity contribution >= 4 is 32.4 Å². The fraction of sp³-hybridized carbons (Fsp3) is 0.312. The molecule has 0 amide bonds. The number of thiophene rings is 1. The lowest BCUT2D eigenvalue weighted by Gasteiger charge is -2.29. The maximum atomic E-state index is 12.5. The molecule has 0 atom stereocenters. The van der Waals surface area contributed by atoms with Crippen LogP contribution in [0.2, 0.25) is 0 Å². The molecule has 1 aliphatic heterocycles. The predicted octanol–water partition coefficient (Wildman–Crippen LogP) is 3.19. The molecule has 0 spiro atoms. The fourth-order valence-electron chi connectivity index (χ4n) is 3.07. The minimum Gasteiger partial charge on any atom is -0.342 e. The average Bonchev–Trinajstić information content (AvgIpc) is 3.24. The van der Waals surface area contributed by atoms with E-state index in [0.717, 1.165) is 29.7 Å². The number of hydrogen-bond donors (Lipinski definition) is 1. The first-order chi connectivity index (χ1) is 11.1. The van der Waals surface area contributed by atoms with E-state index in [-0.39, 0.29) is 5.92 Å². The van der Waals surface area contributed by atoms with Crippen molar-refractivity contribution in [2.75, 3.05) is 13.1 Å². The van der Waals surface area contributed by atoms with Crippen LogP contribution in [0.4, 0.5) is 0 Å². The van der Waals surface area contributed by atoms with Gasteiger partial charge in [-0.2, -0.15) is 4.31 Å². The van der Waals surface area contributed by atoms with Gasteiger partial charge in [-0.3, -0.25) is 0 Å². The molecule has 3 heterocycles. The summed E-state index contributed by atoms with van der Waals surface area (Å²) in [6.07, 6.45) is 1.59. The maximum absolute atomic E-state index is 12.5. The first-order valence-electron chi connectivity index (χ1n) is 7.63. The maximum Gasteiger partial charge on any atom is 0.252 e. The van der Waals surface area contributed by atoms with Crippen LogP contribution in [0.1, 0.15) is 24.6 Å². The molecule has 3 aromatic rings. The van der Waals surface area contributed by atoms with Crippen LogP contribution < -0.4 is 0 Å². The third-order valence-electron chi connectivity index (χ3n) is 4.34. The van der Waals surface area contributed by atoms with E-state index < -0.39 is 10.0 Å². The second-order valence-electron chi connectivity index (χ2n) is 5.75. The Morgan fingerprint density at radius 2 is 1.91 bits per heavy atom. The van der Waals surface area contributed by atoms with E-state index in [4.69, 9.17) is 0 Å². The summed E-state index contributed by atoms with van der Waals surface area (Å²) in [5.74, 6) is 1.26. The Labute approximate surface area is 139 Å². The minimum atomic E-state index is -3.33. The molecule has 0 radical (unpaired) electrons. The highest BCUT2D eigenvalue weighted by atomic mass is 32.2. The lowest BCUT2D eigenvalue weighted by atomic mass is 9.97. The van der Waals surface area contributed by atoms with Gasteiger partial charge in [-0.15, -0.1) is 11.3 Å². The standard InChI is InChI=1S/C16H17N3O2S2/c20-23(21,15-6-3-11-22-15)19-9-7-12(8-10-19)16-17-13-4-1-2-5-14(13)18-16/h1-6,11-12H,7-10H2,(H,17,18). The Hall–Kier alpha value is -1.70. The average molecular weight is 347 g/mol. The molecular weight excluding hydrogens is 330 g/mol. The zero-order valence-electron chi connectivity index (χ0n) is 12.5. The largest absolute Gasteiger partial charge is 0.342 e. The molecule has 7 heteroatoms. The van der Waals surface area contributed by atoms with Crippen LogP contribution in [0.15, 0.2) is 46.0 Å². The third-order valence-corrected chi connectivity index (χ3v) is 7.61. The molecule has 1 aliphatic rings. The number of sulfonamides is 1. The van der Waals surface area contributed by atoms with Gasteiger partial charge in [0.25, 0.3) is 10.0 Å². The Kier molecular flexibility index (Phi) is 3.71. The number of nitrogens with zero attached hydrogens (tertiary/aromatic N) is 2. The van der Waals surface area contributed by atoms with Gasteiger partial charge >= 0.3 is 0 Å². The molecule has 1 N–H and O–H groups in total. The van der Waals surface area contributed by atoms with Crippen LogP contribution in [0.5, 0.6) is 0 Å². The molecule has 0 saturated carbocycles. The molecule has 5 nitrogen and oxygen atoms in total. The molecule has 0 aliphatic carbocycles. The van der Waals surface area contributed by atoms with Crippen molar-refractivity contribution in [1.29, 1.82) is 0 Å². The topological polar surface area (TPSA) is 66.1 Å². The molecule has 1 fully saturated rings. The van der Waals surface area contributed by atoms with Crippen LogP contribution >= 0.6 is 11.3 Å². The van der Waals surface area contributed by atoms with Crippen LogP contribution in [0.3, 0.4) is 0 Å². The molecule has 0 unspecified atom stereocenters. The van der Waals surface area contributed by atoms with Crippen LogP contribution in [0.25, 0.3) is 11.0 Å². The molecular formula is C16H17N3O2S2. The summed E-state index contributed by atoms with van der Waals surface area (Å²) in [7, 11) is -3.33. The number of imidazole rings is 1. The Morgan fingerprint density at radius 1 is 1.13 bits per heavy atom. The van der Waals surface area contributed by atoms with Crippen LogP contribution in [0, 0.1) is 0 Å². The van der Waals surface area contributed by atoms with Gasteiger partial charge in [-0.05, 0) is 36.4 Å². The summed E-state index contributed by atoms with van der Waals surface area (Å²) in [6.45, 7) is 1.09. The number of para-hydroxylation sites is 2. The third kappa shape index (κ3) is 2.69. The first kappa shape index (κ1) is 14.9. The Balaban J connectivity index is 1.51. The summed E-state index contributed by atoms with van der Waals surface area (Å²) in [4.78, 5) is 8.02. The van der Waals surface area contributed by atoms with Crippen molar-refractivity contribution in [3.05, 3.63) is 47.6 Å². The van der Waals surface area contributed by atoms with Crippen molar-refractivity contribution in [1.82, 2.24) is 14.3 Å².